The molecule has 0 fully saturated rings. The Hall–Kier alpha value is -3.19. The van der Waals surface area contributed by atoms with Crippen molar-refractivity contribution in [3.8, 4) is 5.75 Å². The number of amides is 1. The van der Waals surface area contributed by atoms with E-state index in [0.29, 0.717) is 22.1 Å². The number of hydrogen-bond donors (Lipinski definition) is 0. The zero-order valence-corrected chi connectivity index (χ0v) is 17.4. The number of benzene rings is 3. The van der Waals surface area contributed by atoms with Crippen molar-refractivity contribution in [1.82, 2.24) is 0 Å². The van der Waals surface area contributed by atoms with E-state index < -0.39 is 21.9 Å². The lowest BCUT2D eigenvalue weighted by Crippen LogP contribution is -2.35. The molecule has 150 valence electrons. The summed E-state index contributed by atoms with van der Waals surface area (Å²) in [7, 11) is -4.16. The quantitative estimate of drug-likeness (QED) is 0.476. The summed E-state index contributed by atoms with van der Waals surface area (Å²) in [4.78, 5) is 24.0. The average molecular weight is 411 g/mol. The molecule has 1 amide bonds. The second-order valence-corrected chi connectivity index (χ2v) is 8.53. The smallest absolute Gasteiger partial charge is 0.308 e. The van der Waals surface area contributed by atoms with E-state index in [-0.39, 0.29) is 10.6 Å². The van der Waals surface area contributed by atoms with Crippen molar-refractivity contribution < 1.29 is 22.7 Å². The highest BCUT2D eigenvalue weighted by Crippen LogP contribution is 2.37. The van der Waals surface area contributed by atoms with Crippen LogP contribution in [0.4, 0.5) is 5.69 Å². The van der Waals surface area contributed by atoms with Crippen molar-refractivity contribution in [2.45, 2.75) is 32.6 Å². The van der Waals surface area contributed by atoms with E-state index in [1.54, 1.807) is 50.2 Å². The highest BCUT2D eigenvalue weighted by Gasteiger charge is 2.31. The van der Waals surface area contributed by atoms with Crippen molar-refractivity contribution >= 4 is 38.4 Å². The monoisotopic (exact) mass is 411 g/mol. The first-order valence-electron chi connectivity index (χ1n) is 8.96. The number of nitrogens with zero attached hydrogens (tertiary/aromatic N) is 1. The summed E-state index contributed by atoms with van der Waals surface area (Å²) >= 11 is 0. The Morgan fingerprint density at radius 3 is 2.17 bits per heavy atom. The number of anilines is 1. The van der Waals surface area contributed by atoms with Crippen LogP contribution in [0.2, 0.25) is 0 Å². The third kappa shape index (κ3) is 3.86. The largest absolute Gasteiger partial charge is 0.426 e. The molecule has 0 aliphatic rings. The minimum absolute atomic E-state index is 0.0702. The molecular weight excluding hydrogens is 390 g/mol. The summed E-state index contributed by atoms with van der Waals surface area (Å²) in [6.45, 7) is 5.97. The minimum atomic E-state index is -4.16. The lowest BCUT2D eigenvalue weighted by Gasteiger charge is -2.24. The van der Waals surface area contributed by atoms with Gasteiger partial charge >= 0.3 is 5.97 Å². The van der Waals surface area contributed by atoms with E-state index in [9.17, 15) is 18.0 Å². The molecule has 0 atom stereocenters. The van der Waals surface area contributed by atoms with Gasteiger partial charge in [-0.25, -0.2) is 12.7 Å². The fourth-order valence-corrected chi connectivity index (χ4v) is 4.99. The number of esters is 1. The van der Waals surface area contributed by atoms with Crippen molar-refractivity contribution in [3.05, 3.63) is 65.7 Å². The van der Waals surface area contributed by atoms with Crippen LogP contribution in [-0.4, -0.2) is 20.3 Å². The summed E-state index contributed by atoms with van der Waals surface area (Å²) in [6, 6.07) is 14.9. The predicted octanol–water partition coefficient (Wildman–Crippen LogP) is 4.12. The van der Waals surface area contributed by atoms with Crippen LogP contribution in [0.15, 0.2) is 59.5 Å². The summed E-state index contributed by atoms with van der Waals surface area (Å²) in [5.74, 6) is -0.838. The number of sulfonamides is 1. The molecule has 0 saturated carbocycles. The molecule has 3 aromatic carbocycles. The fraction of sp³-hybridized carbons (Fsp3) is 0.182. The first-order chi connectivity index (χ1) is 13.6. The Morgan fingerprint density at radius 1 is 0.897 bits per heavy atom. The SMILES string of the molecule is CC(=O)Oc1ccc(N(C(C)=O)S(=O)(=O)c2cc(C)ccc2C)c2ccccc12. The van der Waals surface area contributed by atoms with Crippen molar-refractivity contribution in [2.75, 3.05) is 4.31 Å². The van der Waals surface area contributed by atoms with E-state index in [1.165, 1.54) is 26.0 Å². The average Bonchev–Trinajstić information content (AvgIpc) is 2.64. The third-order valence-electron chi connectivity index (χ3n) is 4.48. The van der Waals surface area contributed by atoms with Gasteiger partial charge < -0.3 is 4.74 Å². The topological polar surface area (TPSA) is 80.8 Å². The molecular formula is C22H21NO5S. The van der Waals surface area contributed by atoms with E-state index in [0.717, 1.165) is 9.87 Å². The van der Waals surface area contributed by atoms with Crippen molar-refractivity contribution in [3.63, 3.8) is 0 Å². The Bertz CT molecular complexity index is 1230. The standard InChI is InChI=1S/C22H21NO5S/c1-14-9-10-15(2)22(13-14)29(26,27)23(16(3)24)20-11-12-21(28-17(4)25)19-8-6-5-7-18(19)20/h5-13H,1-4H3. The van der Waals surface area contributed by atoms with Crippen molar-refractivity contribution in [1.29, 1.82) is 0 Å². The molecule has 0 heterocycles. The molecule has 0 aliphatic heterocycles. The van der Waals surface area contributed by atoms with Crippen LogP contribution in [0.1, 0.15) is 25.0 Å². The molecule has 7 heteroatoms. The normalized spacial score (nSPS) is 11.3. The van der Waals surface area contributed by atoms with Crippen LogP contribution in [-0.2, 0) is 19.6 Å². The number of carbonyl (C=O) groups excluding carboxylic acids is 2. The van der Waals surface area contributed by atoms with E-state index >= 15 is 0 Å². The fourth-order valence-electron chi connectivity index (χ4n) is 3.23. The van der Waals surface area contributed by atoms with Gasteiger partial charge in [0.15, 0.2) is 0 Å². The van der Waals surface area contributed by atoms with Gasteiger partial charge in [-0.1, -0.05) is 36.4 Å². The van der Waals surface area contributed by atoms with E-state index in [2.05, 4.69) is 0 Å². The second-order valence-electron chi connectivity index (χ2n) is 6.78. The van der Waals surface area contributed by atoms with Crippen LogP contribution in [0.5, 0.6) is 5.75 Å². The zero-order valence-electron chi connectivity index (χ0n) is 16.6. The Morgan fingerprint density at radius 2 is 1.55 bits per heavy atom. The molecule has 0 aromatic heterocycles. The van der Waals surface area contributed by atoms with E-state index in [1.807, 2.05) is 6.07 Å². The number of rotatable bonds is 4. The zero-order chi connectivity index (χ0) is 21.3. The van der Waals surface area contributed by atoms with Gasteiger partial charge in [0.2, 0.25) is 5.91 Å². The lowest BCUT2D eigenvalue weighted by atomic mass is 10.1. The Labute approximate surface area is 169 Å². The molecule has 0 saturated heterocycles. The van der Waals surface area contributed by atoms with Gasteiger partial charge in [0.05, 0.1) is 10.6 Å². The maximum absolute atomic E-state index is 13.5. The number of aryl methyl sites for hydroxylation is 2. The summed E-state index contributed by atoms with van der Waals surface area (Å²) in [5.41, 5.74) is 1.51. The molecule has 0 N–H and O–H groups in total. The molecule has 6 nitrogen and oxygen atoms in total. The first kappa shape index (κ1) is 20.5. The van der Waals surface area contributed by atoms with E-state index in [4.69, 9.17) is 4.74 Å². The van der Waals surface area contributed by atoms with Crippen LogP contribution < -0.4 is 9.04 Å². The van der Waals surface area contributed by atoms with Gasteiger partial charge in [0.25, 0.3) is 10.0 Å². The molecule has 29 heavy (non-hydrogen) atoms. The molecule has 3 rings (SSSR count). The van der Waals surface area contributed by atoms with Gasteiger partial charge in [-0.15, -0.1) is 0 Å². The summed E-state index contributed by atoms with van der Waals surface area (Å²) < 4.78 is 33.0. The van der Waals surface area contributed by atoms with Gasteiger partial charge in [-0.2, -0.15) is 0 Å². The molecule has 0 spiro atoms. The molecule has 0 radical (unpaired) electrons. The number of ether oxygens (including phenoxy) is 1. The highest BCUT2D eigenvalue weighted by molar-refractivity contribution is 7.93. The van der Waals surface area contributed by atoms with Gasteiger partial charge in [0, 0.05) is 24.6 Å². The van der Waals surface area contributed by atoms with Crippen LogP contribution in [0, 0.1) is 13.8 Å². The van der Waals surface area contributed by atoms with Crippen LogP contribution in [0.3, 0.4) is 0 Å². The van der Waals surface area contributed by atoms with Crippen molar-refractivity contribution in [2.24, 2.45) is 0 Å². The summed E-state index contributed by atoms with van der Waals surface area (Å²) in [5, 5.41) is 1.01. The van der Waals surface area contributed by atoms with Gasteiger partial charge in [-0.3, -0.25) is 9.59 Å². The molecule has 0 bridgehead atoms. The Kier molecular flexibility index (Phi) is 5.44. The predicted molar refractivity (Wildman–Crippen MR) is 112 cm³/mol. The molecule has 3 aromatic rings. The maximum Gasteiger partial charge on any atom is 0.308 e. The molecule has 0 unspecified atom stereocenters. The van der Waals surface area contributed by atoms with Gasteiger partial charge in [0.1, 0.15) is 5.75 Å². The first-order valence-corrected chi connectivity index (χ1v) is 10.4. The molecule has 0 aliphatic carbocycles. The number of hydrogen-bond acceptors (Lipinski definition) is 5. The maximum atomic E-state index is 13.5. The highest BCUT2D eigenvalue weighted by atomic mass is 32.2. The Balaban J connectivity index is 2.28. The summed E-state index contributed by atoms with van der Waals surface area (Å²) in [6.07, 6.45) is 0. The second kappa shape index (κ2) is 7.67. The van der Waals surface area contributed by atoms with Crippen LogP contribution in [0.25, 0.3) is 10.8 Å². The lowest BCUT2D eigenvalue weighted by molar-refractivity contribution is -0.131. The number of fused-ring (bicyclic) bond motifs is 1. The van der Waals surface area contributed by atoms with Gasteiger partial charge in [-0.05, 0) is 43.2 Å². The van der Waals surface area contributed by atoms with Crippen LogP contribution >= 0.6 is 0 Å². The number of carbonyl (C=O) groups is 2. The minimum Gasteiger partial charge on any atom is -0.426 e. The third-order valence-corrected chi connectivity index (χ3v) is 6.41.